The molecular weight excluding hydrogens is 286 g/mol. The first-order valence-electron chi connectivity index (χ1n) is 8.71. The van der Waals surface area contributed by atoms with Crippen LogP contribution in [0.15, 0.2) is 42.5 Å². The third-order valence-corrected chi connectivity index (χ3v) is 4.61. The van der Waals surface area contributed by atoms with Crippen molar-refractivity contribution in [1.29, 1.82) is 0 Å². The van der Waals surface area contributed by atoms with Crippen LogP contribution in [0.5, 0.6) is 0 Å². The van der Waals surface area contributed by atoms with Crippen molar-refractivity contribution in [3.05, 3.63) is 48.0 Å². The van der Waals surface area contributed by atoms with Gasteiger partial charge in [0.15, 0.2) is 6.29 Å². The third-order valence-electron chi connectivity index (χ3n) is 4.61. The van der Waals surface area contributed by atoms with Gasteiger partial charge in [-0.05, 0) is 43.5 Å². The summed E-state index contributed by atoms with van der Waals surface area (Å²) in [6.07, 6.45) is 1.06. The van der Waals surface area contributed by atoms with Gasteiger partial charge in [-0.1, -0.05) is 42.5 Å². The van der Waals surface area contributed by atoms with Crippen molar-refractivity contribution >= 4 is 10.8 Å². The van der Waals surface area contributed by atoms with E-state index in [9.17, 15) is 0 Å². The van der Waals surface area contributed by atoms with E-state index in [1.165, 1.54) is 16.3 Å². The molecule has 2 aromatic carbocycles. The fourth-order valence-electron chi connectivity index (χ4n) is 3.37. The molecule has 124 valence electrons. The van der Waals surface area contributed by atoms with Gasteiger partial charge in [-0.25, -0.2) is 0 Å². The normalized spacial score (nSPS) is 21.7. The maximum absolute atomic E-state index is 5.73. The molecule has 1 saturated carbocycles. The number of hydrogen-bond acceptors (Lipinski definition) is 3. The molecule has 3 nitrogen and oxygen atoms in total. The second kappa shape index (κ2) is 7.43. The molecule has 0 amide bonds. The Hall–Kier alpha value is -1.42. The van der Waals surface area contributed by atoms with Crippen molar-refractivity contribution in [1.82, 2.24) is 5.32 Å². The molecular formula is C20H27NO2. The quantitative estimate of drug-likeness (QED) is 0.738. The smallest absolute Gasteiger partial charge is 0.161 e. The zero-order chi connectivity index (χ0) is 16.2. The van der Waals surface area contributed by atoms with Crippen molar-refractivity contribution in [3.8, 4) is 0 Å². The second-order valence-corrected chi connectivity index (χ2v) is 6.24. The molecule has 1 fully saturated rings. The standard InChI is InChI=1S/C20H27NO2/c1-4-22-20(23-5-2)18-13-19(18)21-14(3)16-12-8-10-15-9-6-7-11-17(15)16/h6-12,14,18-21H,4-5,13H2,1-3H3/t14-,18?,19+/m0/s1. The second-order valence-electron chi connectivity index (χ2n) is 6.24. The molecule has 1 N–H and O–H groups in total. The van der Waals surface area contributed by atoms with Gasteiger partial charge in [0.05, 0.1) is 0 Å². The van der Waals surface area contributed by atoms with Crippen LogP contribution in [-0.2, 0) is 9.47 Å². The summed E-state index contributed by atoms with van der Waals surface area (Å²) in [5, 5.41) is 6.38. The van der Waals surface area contributed by atoms with E-state index in [4.69, 9.17) is 9.47 Å². The Kier molecular flexibility index (Phi) is 5.31. The summed E-state index contributed by atoms with van der Waals surface area (Å²) in [6, 6.07) is 15.9. The lowest BCUT2D eigenvalue weighted by Gasteiger charge is -2.20. The highest BCUT2D eigenvalue weighted by Gasteiger charge is 2.44. The van der Waals surface area contributed by atoms with Crippen LogP contribution >= 0.6 is 0 Å². The molecule has 0 heterocycles. The van der Waals surface area contributed by atoms with E-state index in [1.54, 1.807) is 0 Å². The summed E-state index contributed by atoms with van der Waals surface area (Å²) >= 11 is 0. The number of nitrogens with one attached hydrogen (secondary N) is 1. The minimum absolute atomic E-state index is 0.0674. The Bertz CT molecular complexity index is 631. The SMILES string of the molecule is CCOC(OCC)C1C[C@H]1N[C@@H](C)c1cccc2ccccc12. The minimum atomic E-state index is -0.0674. The molecule has 23 heavy (non-hydrogen) atoms. The lowest BCUT2D eigenvalue weighted by atomic mass is 9.99. The summed E-state index contributed by atoms with van der Waals surface area (Å²) in [7, 11) is 0. The predicted molar refractivity (Wildman–Crippen MR) is 94.4 cm³/mol. The van der Waals surface area contributed by atoms with E-state index in [-0.39, 0.29) is 6.29 Å². The summed E-state index contributed by atoms with van der Waals surface area (Å²) in [5.41, 5.74) is 1.36. The van der Waals surface area contributed by atoms with Gasteiger partial charge in [-0.2, -0.15) is 0 Å². The van der Waals surface area contributed by atoms with Crippen molar-refractivity contribution in [2.75, 3.05) is 13.2 Å². The van der Waals surface area contributed by atoms with Crippen LogP contribution in [-0.4, -0.2) is 25.5 Å². The van der Waals surface area contributed by atoms with Crippen LogP contribution in [0.1, 0.15) is 38.8 Å². The van der Waals surface area contributed by atoms with Crippen LogP contribution in [0.25, 0.3) is 10.8 Å². The highest BCUT2D eigenvalue weighted by Crippen LogP contribution is 2.38. The van der Waals surface area contributed by atoms with E-state index >= 15 is 0 Å². The molecule has 0 bridgehead atoms. The average Bonchev–Trinajstić information content (AvgIpc) is 3.33. The lowest BCUT2D eigenvalue weighted by molar-refractivity contribution is -0.149. The van der Waals surface area contributed by atoms with E-state index in [0.29, 0.717) is 31.2 Å². The molecule has 0 aliphatic heterocycles. The van der Waals surface area contributed by atoms with Crippen molar-refractivity contribution < 1.29 is 9.47 Å². The van der Waals surface area contributed by atoms with Crippen molar-refractivity contribution in [2.45, 2.75) is 45.6 Å². The molecule has 1 aliphatic rings. The average molecular weight is 313 g/mol. The Morgan fingerprint density at radius 2 is 1.74 bits per heavy atom. The zero-order valence-electron chi connectivity index (χ0n) is 14.3. The van der Waals surface area contributed by atoms with E-state index in [1.807, 2.05) is 13.8 Å². The first kappa shape index (κ1) is 16.4. The van der Waals surface area contributed by atoms with Crippen LogP contribution < -0.4 is 5.32 Å². The molecule has 3 atom stereocenters. The van der Waals surface area contributed by atoms with Gasteiger partial charge in [-0.3, -0.25) is 0 Å². The van der Waals surface area contributed by atoms with Crippen LogP contribution in [0.2, 0.25) is 0 Å². The number of rotatable bonds is 8. The highest BCUT2D eigenvalue weighted by molar-refractivity contribution is 5.86. The Morgan fingerprint density at radius 1 is 1.04 bits per heavy atom. The Labute approximate surface area is 139 Å². The maximum Gasteiger partial charge on any atom is 0.161 e. The molecule has 1 aliphatic carbocycles. The monoisotopic (exact) mass is 313 g/mol. The van der Waals surface area contributed by atoms with Gasteiger partial charge < -0.3 is 14.8 Å². The molecule has 3 heteroatoms. The van der Waals surface area contributed by atoms with Crippen LogP contribution in [0, 0.1) is 5.92 Å². The predicted octanol–water partition coefficient (Wildman–Crippen LogP) is 4.28. The van der Waals surface area contributed by atoms with Crippen molar-refractivity contribution in [2.24, 2.45) is 5.92 Å². The molecule has 0 spiro atoms. The fraction of sp³-hybridized carbons (Fsp3) is 0.500. The van der Waals surface area contributed by atoms with Gasteiger partial charge in [0, 0.05) is 31.2 Å². The van der Waals surface area contributed by atoms with Gasteiger partial charge in [0.25, 0.3) is 0 Å². The van der Waals surface area contributed by atoms with Gasteiger partial charge in [0.1, 0.15) is 0 Å². The molecule has 2 aromatic rings. The summed E-state index contributed by atoms with van der Waals surface area (Å²) in [5.74, 6) is 0.465. The molecule has 0 saturated heterocycles. The maximum atomic E-state index is 5.73. The number of hydrogen-bond donors (Lipinski definition) is 1. The summed E-state index contributed by atoms with van der Waals surface area (Å²) in [6.45, 7) is 7.69. The molecule has 0 aromatic heterocycles. The van der Waals surface area contributed by atoms with E-state index in [2.05, 4.69) is 54.7 Å². The minimum Gasteiger partial charge on any atom is -0.353 e. The lowest BCUT2D eigenvalue weighted by Crippen LogP contribution is -2.28. The number of benzene rings is 2. The largest absolute Gasteiger partial charge is 0.353 e. The van der Waals surface area contributed by atoms with Gasteiger partial charge in [-0.15, -0.1) is 0 Å². The van der Waals surface area contributed by atoms with Gasteiger partial charge >= 0.3 is 0 Å². The van der Waals surface area contributed by atoms with Crippen LogP contribution in [0.3, 0.4) is 0 Å². The number of ether oxygens (including phenoxy) is 2. The molecule has 3 rings (SSSR count). The van der Waals surface area contributed by atoms with Crippen LogP contribution in [0.4, 0.5) is 0 Å². The van der Waals surface area contributed by atoms with E-state index in [0.717, 1.165) is 6.42 Å². The Balaban J connectivity index is 1.67. The van der Waals surface area contributed by atoms with Crippen molar-refractivity contribution in [3.63, 3.8) is 0 Å². The first-order chi connectivity index (χ1) is 11.2. The van der Waals surface area contributed by atoms with E-state index < -0.39 is 0 Å². The highest BCUT2D eigenvalue weighted by atomic mass is 16.7. The first-order valence-corrected chi connectivity index (χ1v) is 8.71. The Morgan fingerprint density at radius 3 is 2.48 bits per heavy atom. The zero-order valence-corrected chi connectivity index (χ0v) is 14.3. The molecule has 1 unspecified atom stereocenters. The number of fused-ring (bicyclic) bond motifs is 1. The topological polar surface area (TPSA) is 30.5 Å². The summed E-state index contributed by atoms with van der Waals surface area (Å²) in [4.78, 5) is 0. The molecule has 0 radical (unpaired) electrons. The van der Waals surface area contributed by atoms with Gasteiger partial charge in [0.2, 0.25) is 0 Å². The fourth-order valence-corrected chi connectivity index (χ4v) is 3.37. The third kappa shape index (κ3) is 3.74. The summed E-state index contributed by atoms with van der Waals surface area (Å²) < 4.78 is 11.5.